The van der Waals surface area contributed by atoms with E-state index in [0.717, 1.165) is 17.1 Å². The first-order valence-corrected chi connectivity index (χ1v) is 8.03. The van der Waals surface area contributed by atoms with Crippen LogP contribution < -0.4 is 15.4 Å². The summed E-state index contributed by atoms with van der Waals surface area (Å²) in [5.74, 6) is 0.489. The molecule has 1 amide bonds. The van der Waals surface area contributed by atoms with Crippen molar-refractivity contribution in [3.63, 3.8) is 0 Å². The van der Waals surface area contributed by atoms with Crippen LogP contribution in [0.15, 0.2) is 72.8 Å². The monoisotopic (exact) mass is 332 g/mol. The van der Waals surface area contributed by atoms with Crippen LogP contribution in [0.3, 0.4) is 0 Å². The summed E-state index contributed by atoms with van der Waals surface area (Å²) in [6.07, 6.45) is 0. The molecule has 25 heavy (non-hydrogen) atoms. The second kappa shape index (κ2) is 7.53. The van der Waals surface area contributed by atoms with Crippen molar-refractivity contribution in [2.45, 2.75) is 6.92 Å². The second-order valence-electron chi connectivity index (χ2n) is 5.76. The van der Waals surface area contributed by atoms with Crippen molar-refractivity contribution in [3.8, 4) is 5.75 Å². The van der Waals surface area contributed by atoms with E-state index in [-0.39, 0.29) is 5.91 Å². The van der Waals surface area contributed by atoms with E-state index in [1.807, 2.05) is 42.5 Å². The third-order valence-electron chi connectivity index (χ3n) is 3.78. The van der Waals surface area contributed by atoms with Crippen molar-refractivity contribution in [1.29, 1.82) is 0 Å². The van der Waals surface area contributed by atoms with Gasteiger partial charge in [-0.25, -0.2) is 0 Å². The second-order valence-corrected chi connectivity index (χ2v) is 5.76. The standard InChI is InChI=1S/C21H20N2O2/c1-15-5-3-7-19(13-15)22-17-9-11-18(12-10-17)23-21(24)16-6-4-8-20(14-16)25-2/h3-14,22H,1-2H3,(H,23,24). The Morgan fingerprint density at radius 3 is 2.28 bits per heavy atom. The van der Waals surface area contributed by atoms with Gasteiger partial charge in [-0.05, 0) is 67.1 Å². The normalized spacial score (nSPS) is 10.2. The highest BCUT2D eigenvalue weighted by molar-refractivity contribution is 6.04. The molecule has 0 aliphatic rings. The first kappa shape index (κ1) is 16.6. The minimum absolute atomic E-state index is 0.168. The predicted molar refractivity (Wildman–Crippen MR) is 102 cm³/mol. The van der Waals surface area contributed by atoms with Crippen LogP contribution in [-0.2, 0) is 0 Å². The number of methoxy groups -OCH3 is 1. The maximum atomic E-state index is 12.3. The number of nitrogens with one attached hydrogen (secondary N) is 2. The Labute approximate surface area is 147 Å². The van der Waals surface area contributed by atoms with E-state index in [4.69, 9.17) is 4.74 Å². The lowest BCUT2D eigenvalue weighted by Crippen LogP contribution is -2.11. The van der Waals surface area contributed by atoms with E-state index in [0.29, 0.717) is 11.3 Å². The van der Waals surface area contributed by atoms with Gasteiger partial charge in [0, 0.05) is 22.6 Å². The number of benzene rings is 3. The number of hydrogen-bond acceptors (Lipinski definition) is 3. The predicted octanol–water partition coefficient (Wildman–Crippen LogP) is 5.00. The van der Waals surface area contributed by atoms with Crippen LogP contribution in [0.1, 0.15) is 15.9 Å². The molecule has 0 spiro atoms. The van der Waals surface area contributed by atoms with Crippen molar-refractivity contribution in [2.24, 2.45) is 0 Å². The molecule has 2 N–H and O–H groups in total. The topological polar surface area (TPSA) is 50.4 Å². The van der Waals surface area contributed by atoms with Gasteiger partial charge in [-0.3, -0.25) is 4.79 Å². The van der Waals surface area contributed by atoms with Crippen molar-refractivity contribution in [2.75, 3.05) is 17.7 Å². The Kier molecular flexibility index (Phi) is 5.00. The van der Waals surface area contributed by atoms with E-state index >= 15 is 0 Å². The zero-order chi connectivity index (χ0) is 17.6. The maximum Gasteiger partial charge on any atom is 0.255 e. The summed E-state index contributed by atoms with van der Waals surface area (Å²) in [5, 5.41) is 6.23. The van der Waals surface area contributed by atoms with E-state index in [2.05, 4.69) is 29.7 Å². The van der Waals surface area contributed by atoms with E-state index < -0.39 is 0 Å². The van der Waals surface area contributed by atoms with Crippen LogP contribution in [0.4, 0.5) is 17.1 Å². The van der Waals surface area contributed by atoms with Crippen LogP contribution in [0.2, 0.25) is 0 Å². The molecule has 0 fully saturated rings. The molecule has 4 heteroatoms. The van der Waals surface area contributed by atoms with Crippen molar-refractivity contribution < 1.29 is 9.53 Å². The summed E-state index contributed by atoms with van der Waals surface area (Å²) in [6.45, 7) is 2.06. The summed E-state index contributed by atoms with van der Waals surface area (Å²) >= 11 is 0. The molecule has 4 nitrogen and oxygen atoms in total. The molecule has 0 bridgehead atoms. The Morgan fingerprint density at radius 1 is 0.840 bits per heavy atom. The SMILES string of the molecule is COc1cccc(C(=O)Nc2ccc(Nc3cccc(C)c3)cc2)c1. The fourth-order valence-electron chi connectivity index (χ4n) is 2.49. The maximum absolute atomic E-state index is 12.3. The van der Waals surface area contributed by atoms with Gasteiger partial charge in [0.1, 0.15) is 5.75 Å². The van der Waals surface area contributed by atoms with E-state index in [1.165, 1.54) is 5.56 Å². The molecule has 0 aliphatic heterocycles. The lowest BCUT2D eigenvalue weighted by atomic mass is 10.2. The first-order valence-electron chi connectivity index (χ1n) is 8.03. The molecule has 0 aliphatic carbocycles. The van der Waals surface area contributed by atoms with Gasteiger partial charge in [-0.15, -0.1) is 0 Å². The van der Waals surface area contributed by atoms with Crippen molar-refractivity contribution >= 4 is 23.0 Å². The largest absolute Gasteiger partial charge is 0.497 e. The quantitative estimate of drug-likeness (QED) is 0.691. The number of hydrogen-bond donors (Lipinski definition) is 2. The summed E-state index contributed by atoms with van der Waals surface area (Å²) in [6, 6.07) is 22.9. The van der Waals surface area contributed by atoms with Gasteiger partial charge in [0.05, 0.1) is 7.11 Å². The molecule has 3 rings (SSSR count). The Balaban J connectivity index is 1.66. The number of carbonyl (C=O) groups is 1. The van der Waals surface area contributed by atoms with Crippen LogP contribution in [0.25, 0.3) is 0 Å². The molecule has 0 saturated heterocycles. The van der Waals surface area contributed by atoms with Gasteiger partial charge in [0.2, 0.25) is 0 Å². The molecule has 0 saturated carbocycles. The number of carbonyl (C=O) groups excluding carboxylic acids is 1. The highest BCUT2D eigenvalue weighted by Gasteiger charge is 2.07. The summed E-state index contributed by atoms with van der Waals surface area (Å²) < 4.78 is 5.15. The summed E-state index contributed by atoms with van der Waals surface area (Å²) in [4.78, 5) is 12.3. The molecule has 126 valence electrons. The van der Waals surface area contributed by atoms with Crippen LogP contribution >= 0.6 is 0 Å². The fourth-order valence-corrected chi connectivity index (χ4v) is 2.49. The van der Waals surface area contributed by atoms with Gasteiger partial charge in [-0.2, -0.15) is 0 Å². The molecule has 0 unspecified atom stereocenters. The van der Waals surface area contributed by atoms with Gasteiger partial charge in [-0.1, -0.05) is 18.2 Å². The van der Waals surface area contributed by atoms with Gasteiger partial charge in [0.15, 0.2) is 0 Å². The molecular weight excluding hydrogens is 312 g/mol. The molecule has 0 heterocycles. The van der Waals surface area contributed by atoms with Gasteiger partial charge >= 0.3 is 0 Å². The number of anilines is 3. The molecule has 3 aromatic rings. The molecular formula is C21H20N2O2. The first-order chi connectivity index (χ1) is 12.1. The highest BCUT2D eigenvalue weighted by Crippen LogP contribution is 2.20. The average molecular weight is 332 g/mol. The number of ether oxygens (including phenoxy) is 1. The lowest BCUT2D eigenvalue weighted by molar-refractivity contribution is 0.102. The van der Waals surface area contributed by atoms with Crippen LogP contribution in [0, 0.1) is 6.92 Å². The van der Waals surface area contributed by atoms with Crippen LogP contribution in [-0.4, -0.2) is 13.0 Å². The zero-order valence-corrected chi connectivity index (χ0v) is 14.2. The lowest BCUT2D eigenvalue weighted by Gasteiger charge is -2.10. The van der Waals surface area contributed by atoms with E-state index in [9.17, 15) is 4.79 Å². The Morgan fingerprint density at radius 2 is 1.56 bits per heavy atom. The molecule has 3 aromatic carbocycles. The third kappa shape index (κ3) is 4.38. The number of rotatable bonds is 5. The highest BCUT2D eigenvalue weighted by atomic mass is 16.5. The van der Waals surface area contributed by atoms with Crippen molar-refractivity contribution in [3.05, 3.63) is 83.9 Å². The number of aryl methyl sites for hydroxylation is 1. The Hall–Kier alpha value is -3.27. The minimum atomic E-state index is -0.168. The fraction of sp³-hybridized carbons (Fsp3) is 0.0952. The third-order valence-corrected chi connectivity index (χ3v) is 3.78. The zero-order valence-electron chi connectivity index (χ0n) is 14.2. The average Bonchev–Trinajstić information content (AvgIpc) is 2.63. The molecule has 0 radical (unpaired) electrons. The van der Waals surface area contributed by atoms with Crippen molar-refractivity contribution in [1.82, 2.24) is 0 Å². The summed E-state index contributed by atoms with van der Waals surface area (Å²) in [5.41, 5.74) is 4.49. The smallest absolute Gasteiger partial charge is 0.255 e. The number of amides is 1. The van der Waals surface area contributed by atoms with Gasteiger partial charge < -0.3 is 15.4 Å². The molecule has 0 atom stereocenters. The van der Waals surface area contributed by atoms with Crippen LogP contribution in [0.5, 0.6) is 5.75 Å². The van der Waals surface area contributed by atoms with Gasteiger partial charge in [0.25, 0.3) is 5.91 Å². The minimum Gasteiger partial charge on any atom is -0.497 e. The molecule has 0 aromatic heterocycles. The Bertz CT molecular complexity index is 873. The summed E-state index contributed by atoms with van der Waals surface area (Å²) in [7, 11) is 1.58. The van der Waals surface area contributed by atoms with E-state index in [1.54, 1.807) is 25.3 Å².